The van der Waals surface area contributed by atoms with Gasteiger partial charge in [0.15, 0.2) is 52.3 Å². The summed E-state index contributed by atoms with van der Waals surface area (Å²) in [6, 6.07) is 5.17. The first-order valence-corrected chi connectivity index (χ1v) is 26.6. The normalized spacial score (nSPS) is 13.3. The van der Waals surface area contributed by atoms with E-state index in [2.05, 4.69) is 31.2 Å². The lowest BCUT2D eigenvalue weighted by molar-refractivity contribution is -0.121. The number of aromatic nitrogens is 1. The van der Waals surface area contributed by atoms with Gasteiger partial charge in [0.1, 0.15) is 26.9 Å². The molecule has 0 atom stereocenters. The number of nitrogens with one attached hydrogen (secondary N) is 4. The second-order valence-electron chi connectivity index (χ2n) is 13.4. The molecule has 340 valence electrons. The summed E-state index contributed by atoms with van der Waals surface area (Å²) in [7, 11) is -16.9. The van der Waals surface area contributed by atoms with Crippen LogP contribution in [0.4, 0.5) is 17.1 Å². The van der Waals surface area contributed by atoms with Gasteiger partial charge in [0.05, 0.1) is 46.3 Å². The number of hydrogen-bond donors (Lipinski definition) is 6. The van der Waals surface area contributed by atoms with E-state index in [1.165, 1.54) is 24.3 Å². The number of anilines is 3. The number of halogens is 4. The van der Waals surface area contributed by atoms with E-state index in [1.807, 2.05) is 0 Å². The Labute approximate surface area is 375 Å². The number of amides is 2. The Balaban J connectivity index is 1.38. The lowest BCUT2D eigenvalue weighted by atomic mass is 10.1. The lowest BCUT2D eigenvalue weighted by Crippen LogP contribution is -2.29. The number of benzene rings is 3. The maximum Gasteiger partial charge on any atom is 0.300 e. The first-order valence-electron chi connectivity index (χ1n) is 18.2. The van der Waals surface area contributed by atoms with Crippen molar-refractivity contribution in [3.8, 4) is 23.0 Å². The molecule has 2 aromatic rings. The molecule has 28 heteroatoms. The van der Waals surface area contributed by atoms with Crippen LogP contribution < -0.4 is 31.4 Å². The van der Waals surface area contributed by atoms with Gasteiger partial charge in [0.25, 0.3) is 10.1 Å². The van der Waals surface area contributed by atoms with Crippen molar-refractivity contribution in [2.75, 3.05) is 71.6 Å². The van der Waals surface area contributed by atoms with Gasteiger partial charge in [-0.05, 0) is 37.1 Å². The van der Waals surface area contributed by atoms with E-state index in [-0.39, 0.29) is 142 Å². The molecular formula is C34H38Cl4N6O14S4. The molecule has 3 aliphatic rings. The van der Waals surface area contributed by atoms with E-state index in [0.29, 0.717) is 0 Å². The van der Waals surface area contributed by atoms with Crippen LogP contribution in [0.3, 0.4) is 0 Å². The molecule has 0 saturated heterocycles. The monoisotopic (exact) mass is 1020 g/mol. The summed E-state index contributed by atoms with van der Waals surface area (Å²) in [5, 5.41) is 9.98. The summed E-state index contributed by atoms with van der Waals surface area (Å²) in [6.45, 7) is -0.306. The van der Waals surface area contributed by atoms with Gasteiger partial charge in [-0.1, -0.05) is 23.2 Å². The van der Waals surface area contributed by atoms with Crippen LogP contribution in [-0.2, 0) is 49.5 Å². The predicted molar refractivity (Wildman–Crippen MR) is 232 cm³/mol. The van der Waals surface area contributed by atoms with E-state index in [9.17, 15) is 52.4 Å². The van der Waals surface area contributed by atoms with Crippen molar-refractivity contribution < 1.29 is 61.5 Å². The summed E-state index contributed by atoms with van der Waals surface area (Å²) < 4.78 is 131. The van der Waals surface area contributed by atoms with Crippen LogP contribution in [0.1, 0.15) is 25.7 Å². The molecule has 2 aromatic carbocycles. The summed E-state index contributed by atoms with van der Waals surface area (Å²) in [5.41, 5.74) is -0.875. The molecule has 0 fully saturated rings. The highest BCUT2D eigenvalue weighted by molar-refractivity contribution is 7.91. The molecule has 0 unspecified atom stereocenters. The number of carbonyl (C=O) groups excluding carboxylic acids is 2. The molecule has 2 amide bonds. The largest absolute Gasteiger partial charge is 0.450 e. The van der Waals surface area contributed by atoms with E-state index in [4.69, 9.17) is 55.6 Å². The Morgan fingerprint density at radius 2 is 1.34 bits per heavy atom. The number of nitrogens with zero attached hydrogens (tertiary/aromatic N) is 2. The summed E-state index contributed by atoms with van der Waals surface area (Å²) >= 11 is 24.5. The second-order valence-corrected chi connectivity index (χ2v) is 22.2. The molecule has 5 rings (SSSR count). The van der Waals surface area contributed by atoms with Crippen LogP contribution in [0, 0.1) is 0 Å². The third-order valence-corrected chi connectivity index (χ3v) is 15.7. The summed E-state index contributed by atoms with van der Waals surface area (Å²) in [5.74, 6) is -3.02. The molecule has 0 saturated carbocycles. The minimum Gasteiger partial charge on any atom is -0.450 e. The van der Waals surface area contributed by atoms with Crippen molar-refractivity contribution in [2.24, 2.45) is 4.99 Å². The molecule has 2 aliphatic heterocycles. The van der Waals surface area contributed by atoms with Crippen molar-refractivity contribution in [1.82, 2.24) is 15.6 Å². The van der Waals surface area contributed by atoms with Gasteiger partial charge in [-0.25, -0.2) is 21.8 Å². The van der Waals surface area contributed by atoms with Gasteiger partial charge in [-0.3, -0.25) is 23.7 Å². The fourth-order valence-corrected chi connectivity index (χ4v) is 11.6. The second kappa shape index (κ2) is 20.4. The third kappa shape index (κ3) is 12.3. The highest BCUT2D eigenvalue weighted by Crippen LogP contribution is 2.55. The number of ether oxygens (including phenoxy) is 1. The highest BCUT2D eigenvalue weighted by Gasteiger charge is 2.34. The third-order valence-electron chi connectivity index (χ3n) is 8.84. The summed E-state index contributed by atoms with van der Waals surface area (Å²) in [6.07, 6.45) is -0.0283. The molecular weight excluding hydrogens is 986 g/mol. The number of carbonyl (C=O) groups is 2. The molecule has 0 bridgehead atoms. The Bertz CT molecular complexity index is 2880. The van der Waals surface area contributed by atoms with E-state index in [0.717, 1.165) is 0 Å². The number of hydrogen-bond acceptors (Lipinski definition) is 16. The zero-order chi connectivity index (χ0) is 45.6. The molecule has 0 spiro atoms. The van der Waals surface area contributed by atoms with Gasteiger partial charge in [0, 0.05) is 44.2 Å². The Morgan fingerprint density at radius 3 is 1.92 bits per heavy atom. The topological polar surface area (TPSA) is 307 Å². The van der Waals surface area contributed by atoms with Crippen molar-refractivity contribution in [3.63, 3.8) is 0 Å². The fourth-order valence-electron chi connectivity index (χ4n) is 6.05. The number of fused-ring (bicyclic) bond motifs is 4. The number of sulfone groups is 2. The summed E-state index contributed by atoms with van der Waals surface area (Å²) in [4.78, 5) is 31.5. The number of alkyl halides is 2. The zero-order valence-corrected chi connectivity index (χ0v) is 38.3. The zero-order valence-electron chi connectivity index (χ0n) is 32.0. The Morgan fingerprint density at radius 1 is 0.742 bits per heavy atom. The Hall–Kier alpha value is -3.72. The maximum atomic E-state index is 12.8. The standard InChI is InChI=1S/C34H38Cl4N6O14S4/c35-9-17-59(47,48)15-1-3-23(45)41-13-11-39-21-7-5-19-29(33(21)61(51,52)53)57-31-25(37)28-32(26(38)27(31)43-19)58-30-20(44-28)6-8-22(34(30)62(54,55)56)40-12-14-42-24(46)4-2-16-60(49,50)18-10-36/h5-8,39,43H,1-4,9-18H2,(H,41,45)(H,42,46)(H,51,52,53)(H,54,55,56). The maximum absolute atomic E-state index is 12.8. The van der Waals surface area contributed by atoms with Crippen LogP contribution in [0.25, 0.3) is 22.6 Å². The van der Waals surface area contributed by atoms with E-state index < -0.39 is 73.0 Å². The van der Waals surface area contributed by atoms with Crippen LogP contribution in [0.15, 0.2) is 43.5 Å². The van der Waals surface area contributed by atoms with Crippen LogP contribution in [0.2, 0.25) is 10.0 Å². The van der Waals surface area contributed by atoms with Crippen LogP contribution in [-0.4, -0.2) is 121 Å². The van der Waals surface area contributed by atoms with Gasteiger partial charge in [-0.2, -0.15) is 16.8 Å². The SMILES string of the molecule is O=C(CCCS(=O)(=O)CCCl)NCCN=c1ccc2nc3c(Cl)c4c(c(Cl)c3oc-2c1S(=O)(=O)O)Nc1ccc(NCCNC(=O)CCCS(=O)(=O)CCCl)c(S(=O)(=O)O)c1O4. The molecule has 2 heterocycles. The van der Waals surface area contributed by atoms with Crippen molar-refractivity contribution in [2.45, 2.75) is 35.5 Å². The first kappa shape index (κ1) is 49.3. The molecule has 62 heavy (non-hydrogen) atoms. The average molecular weight is 1020 g/mol. The Kier molecular flexibility index (Phi) is 16.2. The minimum atomic E-state index is -5.07. The predicted octanol–water partition coefficient (Wildman–Crippen LogP) is 3.99. The average Bonchev–Trinajstić information content (AvgIpc) is 3.17. The van der Waals surface area contributed by atoms with Crippen molar-refractivity contribution in [3.05, 3.63) is 39.7 Å². The molecule has 0 aromatic heterocycles. The molecule has 1 aliphatic carbocycles. The quantitative estimate of drug-likeness (QED) is 0.0262. The fraction of sp³-hybridized carbons (Fsp3) is 0.412. The van der Waals surface area contributed by atoms with Gasteiger partial charge in [0.2, 0.25) is 11.8 Å². The smallest absolute Gasteiger partial charge is 0.300 e. The van der Waals surface area contributed by atoms with E-state index >= 15 is 0 Å². The minimum absolute atomic E-state index is 0.0193. The van der Waals surface area contributed by atoms with Crippen molar-refractivity contribution in [1.29, 1.82) is 0 Å². The van der Waals surface area contributed by atoms with Crippen LogP contribution >= 0.6 is 46.4 Å². The van der Waals surface area contributed by atoms with Gasteiger partial charge in [-0.15, -0.1) is 23.2 Å². The van der Waals surface area contributed by atoms with Gasteiger partial charge < -0.3 is 30.4 Å². The van der Waals surface area contributed by atoms with Crippen molar-refractivity contribution >= 4 is 126 Å². The molecule has 6 N–H and O–H groups in total. The molecule has 20 nitrogen and oxygen atoms in total. The highest BCUT2D eigenvalue weighted by atomic mass is 35.5. The van der Waals surface area contributed by atoms with Crippen LogP contribution in [0.5, 0.6) is 11.5 Å². The van der Waals surface area contributed by atoms with Gasteiger partial charge >= 0.3 is 10.1 Å². The lowest BCUT2D eigenvalue weighted by Gasteiger charge is -2.27. The van der Waals surface area contributed by atoms with E-state index in [1.54, 1.807) is 0 Å². The number of rotatable bonds is 21. The first-order chi connectivity index (χ1) is 29.1. The molecule has 0 radical (unpaired) electrons.